The third kappa shape index (κ3) is 4.54. The van der Waals surface area contributed by atoms with Gasteiger partial charge in [0, 0.05) is 18.8 Å². The molecule has 0 aromatic heterocycles. The number of hydrogen-bond donors (Lipinski definition) is 1. The van der Waals surface area contributed by atoms with Crippen molar-refractivity contribution in [1.29, 1.82) is 0 Å². The molecule has 150 valence electrons. The van der Waals surface area contributed by atoms with E-state index in [0.717, 1.165) is 19.3 Å². The zero-order valence-electron chi connectivity index (χ0n) is 16.4. The molecular weight excluding hydrogens is 376 g/mol. The number of rotatable bonds is 7. The molecule has 1 N–H and O–H groups in total. The monoisotopic (exact) mass is 402 g/mol. The van der Waals surface area contributed by atoms with E-state index in [0.29, 0.717) is 11.4 Å². The number of sulfonamides is 1. The predicted molar refractivity (Wildman–Crippen MR) is 109 cm³/mol. The number of amides is 1. The lowest BCUT2D eigenvalue weighted by molar-refractivity contribution is -0.118. The van der Waals surface area contributed by atoms with Crippen molar-refractivity contribution >= 4 is 21.6 Å². The highest BCUT2D eigenvalue weighted by molar-refractivity contribution is 7.89. The van der Waals surface area contributed by atoms with Crippen LogP contribution in [0.25, 0.3) is 0 Å². The summed E-state index contributed by atoms with van der Waals surface area (Å²) in [5, 5.41) is 2.72. The Morgan fingerprint density at radius 2 is 1.79 bits per heavy atom. The molecule has 0 bridgehead atoms. The first-order valence-electron chi connectivity index (χ1n) is 9.40. The molecule has 0 unspecified atom stereocenters. The summed E-state index contributed by atoms with van der Waals surface area (Å²) in [5.41, 5.74) is 3.17. The predicted octanol–water partition coefficient (Wildman–Crippen LogP) is 3.22. The number of benzene rings is 2. The first-order valence-corrected chi connectivity index (χ1v) is 10.8. The molecular formula is C21H26N2O4S. The van der Waals surface area contributed by atoms with Crippen LogP contribution in [0.3, 0.4) is 0 Å². The van der Waals surface area contributed by atoms with Gasteiger partial charge in [0.2, 0.25) is 10.0 Å². The molecule has 0 fully saturated rings. The second kappa shape index (κ2) is 8.32. The van der Waals surface area contributed by atoms with E-state index in [1.165, 1.54) is 27.6 Å². The summed E-state index contributed by atoms with van der Waals surface area (Å²) in [4.78, 5) is 12.3. The Morgan fingerprint density at radius 3 is 2.46 bits per heavy atom. The minimum atomic E-state index is -3.54. The van der Waals surface area contributed by atoms with Gasteiger partial charge in [-0.2, -0.15) is 4.31 Å². The highest BCUT2D eigenvalue weighted by Gasteiger charge is 2.22. The van der Waals surface area contributed by atoms with Crippen molar-refractivity contribution in [2.24, 2.45) is 0 Å². The summed E-state index contributed by atoms with van der Waals surface area (Å²) < 4.78 is 31.8. The average molecular weight is 403 g/mol. The van der Waals surface area contributed by atoms with E-state index >= 15 is 0 Å². The smallest absolute Gasteiger partial charge is 0.262 e. The fourth-order valence-electron chi connectivity index (χ4n) is 3.14. The summed E-state index contributed by atoms with van der Waals surface area (Å²) >= 11 is 0. The largest absolute Gasteiger partial charge is 0.484 e. The van der Waals surface area contributed by atoms with Crippen LogP contribution in [0.1, 0.15) is 31.4 Å². The Labute approximate surface area is 166 Å². The molecule has 0 saturated carbocycles. The lowest BCUT2D eigenvalue weighted by Crippen LogP contribution is -2.33. The molecule has 6 nitrogen and oxygen atoms in total. The van der Waals surface area contributed by atoms with Crippen LogP contribution in [0, 0.1) is 0 Å². The molecule has 1 aliphatic rings. The highest BCUT2D eigenvalue weighted by Crippen LogP contribution is 2.26. The Kier molecular flexibility index (Phi) is 6.05. The SMILES string of the molecule is CC(C)N(C)S(=O)(=O)c1ccc(NC(=O)COc2ccc3c(c2)CCC3)cc1. The number of nitrogens with one attached hydrogen (secondary N) is 1. The zero-order chi connectivity index (χ0) is 20.3. The normalized spacial score (nSPS) is 13.6. The Morgan fingerprint density at radius 1 is 1.11 bits per heavy atom. The van der Waals surface area contributed by atoms with Crippen LogP contribution in [-0.2, 0) is 27.7 Å². The number of carbonyl (C=O) groups excluding carboxylic acids is 1. The van der Waals surface area contributed by atoms with Gasteiger partial charge in [-0.05, 0) is 80.6 Å². The molecule has 2 aromatic carbocycles. The number of ether oxygens (including phenoxy) is 1. The standard InChI is InChI=1S/C21H26N2O4S/c1-15(2)23(3)28(25,26)20-11-8-18(9-12-20)22-21(24)14-27-19-10-7-16-5-4-6-17(16)13-19/h7-13,15H,4-6,14H2,1-3H3,(H,22,24). The van der Waals surface area contributed by atoms with Crippen LogP contribution in [0.5, 0.6) is 5.75 Å². The Bertz CT molecular complexity index is 953. The number of nitrogens with zero attached hydrogens (tertiary/aromatic N) is 1. The van der Waals surface area contributed by atoms with E-state index < -0.39 is 10.0 Å². The van der Waals surface area contributed by atoms with Gasteiger partial charge >= 0.3 is 0 Å². The van der Waals surface area contributed by atoms with Gasteiger partial charge in [-0.3, -0.25) is 4.79 Å². The molecule has 0 aliphatic heterocycles. The third-order valence-corrected chi connectivity index (χ3v) is 7.03. The Balaban J connectivity index is 1.57. The molecule has 2 aromatic rings. The van der Waals surface area contributed by atoms with Gasteiger partial charge in [0.1, 0.15) is 5.75 Å². The quantitative estimate of drug-likeness (QED) is 0.772. The van der Waals surface area contributed by atoms with Crippen LogP contribution < -0.4 is 10.1 Å². The second-order valence-corrected chi connectivity index (χ2v) is 9.26. The molecule has 3 rings (SSSR count). The van der Waals surface area contributed by atoms with Crippen LogP contribution in [0.2, 0.25) is 0 Å². The molecule has 0 heterocycles. The molecule has 7 heteroatoms. The van der Waals surface area contributed by atoms with Crippen molar-refractivity contribution in [3.05, 3.63) is 53.6 Å². The second-order valence-electron chi connectivity index (χ2n) is 7.26. The van der Waals surface area contributed by atoms with E-state index in [2.05, 4.69) is 11.4 Å². The average Bonchev–Trinajstić information content (AvgIpc) is 3.14. The number of hydrogen-bond acceptors (Lipinski definition) is 4. The van der Waals surface area contributed by atoms with Crippen molar-refractivity contribution < 1.29 is 17.9 Å². The van der Waals surface area contributed by atoms with E-state index in [1.54, 1.807) is 19.2 Å². The maximum atomic E-state index is 12.5. The molecule has 0 saturated heterocycles. The summed E-state index contributed by atoms with van der Waals surface area (Å²) in [6.45, 7) is 3.52. The maximum absolute atomic E-state index is 12.5. The molecule has 0 radical (unpaired) electrons. The molecule has 0 atom stereocenters. The zero-order valence-corrected chi connectivity index (χ0v) is 17.3. The number of carbonyl (C=O) groups is 1. The fourth-order valence-corrected chi connectivity index (χ4v) is 4.51. The van der Waals surface area contributed by atoms with Gasteiger partial charge in [0.05, 0.1) is 4.90 Å². The van der Waals surface area contributed by atoms with Crippen molar-refractivity contribution in [1.82, 2.24) is 4.31 Å². The summed E-state index contributed by atoms with van der Waals surface area (Å²) in [6.07, 6.45) is 3.33. The van der Waals surface area contributed by atoms with Crippen molar-refractivity contribution in [2.75, 3.05) is 19.0 Å². The first-order chi connectivity index (χ1) is 13.3. The van der Waals surface area contributed by atoms with Crippen LogP contribution >= 0.6 is 0 Å². The van der Waals surface area contributed by atoms with Crippen molar-refractivity contribution in [2.45, 2.75) is 44.0 Å². The van der Waals surface area contributed by atoms with Crippen LogP contribution in [-0.4, -0.2) is 38.3 Å². The van der Waals surface area contributed by atoms with E-state index in [1.807, 2.05) is 26.0 Å². The molecule has 1 aliphatic carbocycles. The van der Waals surface area contributed by atoms with Crippen LogP contribution in [0.15, 0.2) is 47.4 Å². The molecule has 1 amide bonds. The lowest BCUT2D eigenvalue weighted by Gasteiger charge is -2.21. The summed E-state index contributed by atoms with van der Waals surface area (Å²) in [6, 6.07) is 11.9. The van der Waals surface area contributed by atoms with Gasteiger partial charge in [-0.1, -0.05) is 6.07 Å². The van der Waals surface area contributed by atoms with Crippen LogP contribution in [0.4, 0.5) is 5.69 Å². The minimum Gasteiger partial charge on any atom is -0.484 e. The van der Waals surface area contributed by atoms with Gasteiger partial charge < -0.3 is 10.1 Å². The van der Waals surface area contributed by atoms with Crippen molar-refractivity contribution in [3.8, 4) is 5.75 Å². The van der Waals surface area contributed by atoms with E-state index in [9.17, 15) is 13.2 Å². The summed E-state index contributed by atoms with van der Waals surface area (Å²) in [7, 11) is -1.99. The van der Waals surface area contributed by atoms with Crippen molar-refractivity contribution in [3.63, 3.8) is 0 Å². The first kappa shape index (κ1) is 20.4. The number of anilines is 1. The maximum Gasteiger partial charge on any atom is 0.262 e. The Hall–Kier alpha value is -2.38. The topological polar surface area (TPSA) is 75.7 Å². The lowest BCUT2D eigenvalue weighted by atomic mass is 10.1. The third-order valence-electron chi connectivity index (χ3n) is 4.98. The van der Waals surface area contributed by atoms with Gasteiger partial charge in [-0.25, -0.2) is 8.42 Å². The number of fused-ring (bicyclic) bond motifs is 1. The number of aryl methyl sites for hydroxylation is 2. The van der Waals surface area contributed by atoms with E-state index in [4.69, 9.17) is 4.74 Å². The van der Waals surface area contributed by atoms with Gasteiger partial charge in [-0.15, -0.1) is 0 Å². The van der Waals surface area contributed by atoms with Gasteiger partial charge in [0.25, 0.3) is 5.91 Å². The molecule has 0 spiro atoms. The van der Waals surface area contributed by atoms with Gasteiger partial charge in [0.15, 0.2) is 6.61 Å². The minimum absolute atomic E-state index is 0.102. The summed E-state index contributed by atoms with van der Waals surface area (Å²) in [5.74, 6) is 0.393. The fraction of sp³-hybridized carbons (Fsp3) is 0.381. The molecule has 28 heavy (non-hydrogen) atoms. The highest BCUT2D eigenvalue weighted by atomic mass is 32.2. The van der Waals surface area contributed by atoms with E-state index in [-0.39, 0.29) is 23.5 Å².